The van der Waals surface area contributed by atoms with E-state index in [0.29, 0.717) is 35.8 Å². The second-order valence-electron chi connectivity index (χ2n) is 5.31. The van der Waals surface area contributed by atoms with E-state index in [9.17, 15) is 13.2 Å². The number of rotatable bonds is 4. The van der Waals surface area contributed by atoms with Gasteiger partial charge in [-0.2, -0.15) is 28.2 Å². The van der Waals surface area contributed by atoms with E-state index in [2.05, 4.69) is 20.4 Å². The summed E-state index contributed by atoms with van der Waals surface area (Å²) in [6, 6.07) is 5.07. The zero-order chi connectivity index (χ0) is 17.3. The number of hydrogen-bond acceptors (Lipinski definition) is 5. The highest BCUT2D eigenvalue weighted by Gasteiger charge is 2.29. The maximum absolute atomic E-state index is 12.5. The van der Waals surface area contributed by atoms with Crippen molar-refractivity contribution in [2.24, 2.45) is 7.05 Å². The molecule has 2 heterocycles. The van der Waals surface area contributed by atoms with Crippen LogP contribution in [0.15, 0.2) is 30.5 Å². The minimum absolute atomic E-state index is 0.324. The lowest BCUT2D eigenvalue weighted by molar-refractivity contribution is -0.137. The topological polar surface area (TPSA) is 81.7 Å². The predicted octanol–water partition coefficient (Wildman–Crippen LogP) is 2.62. The summed E-state index contributed by atoms with van der Waals surface area (Å²) in [5, 5.41) is 7.76. The number of fused-ring (bicyclic) bond motifs is 1. The number of nitrogens with zero attached hydrogens (tertiary/aromatic N) is 4. The molecule has 2 aromatic heterocycles. The van der Waals surface area contributed by atoms with Crippen LogP contribution in [0.3, 0.4) is 0 Å². The Morgan fingerprint density at radius 2 is 1.88 bits per heavy atom. The third-order valence-electron chi connectivity index (χ3n) is 3.60. The van der Waals surface area contributed by atoms with E-state index in [1.54, 1.807) is 17.9 Å². The van der Waals surface area contributed by atoms with Crippen LogP contribution < -0.4 is 11.1 Å². The van der Waals surface area contributed by atoms with Crippen molar-refractivity contribution < 1.29 is 13.2 Å². The lowest BCUT2D eigenvalue weighted by Crippen LogP contribution is -2.10. The third kappa shape index (κ3) is 3.24. The summed E-state index contributed by atoms with van der Waals surface area (Å²) >= 11 is 0. The van der Waals surface area contributed by atoms with Crippen LogP contribution in [-0.4, -0.2) is 26.3 Å². The van der Waals surface area contributed by atoms with Crippen molar-refractivity contribution in [3.8, 4) is 0 Å². The number of anilines is 2. The average Bonchev–Trinajstić information content (AvgIpc) is 2.89. The molecule has 9 heteroatoms. The number of hydrogen-bond donors (Lipinski definition) is 2. The first-order valence-electron chi connectivity index (χ1n) is 7.20. The standard InChI is InChI=1S/C15H15F3N6/c1-24-13-11(8-21-24)12(19)22-14(23-13)20-7-6-9-2-4-10(5-3-9)15(16,17)18/h2-5,8H,6-7H2,1H3,(H3,19,20,22,23). The van der Waals surface area contributed by atoms with Crippen LogP contribution >= 0.6 is 0 Å². The van der Waals surface area contributed by atoms with Gasteiger partial charge in [0.25, 0.3) is 0 Å². The van der Waals surface area contributed by atoms with Crippen LogP contribution in [0.2, 0.25) is 0 Å². The van der Waals surface area contributed by atoms with Crippen LogP contribution in [0.4, 0.5) is 24.9 Å². The quantitative estimate of drug-likeness (QED) is 0.765. The fourth-order valence-corrected chi connectivity index (χ4v) is 2.30. The van der Waals surface area contributed by atoms with Gasteiger partial charge in [-0.3, -0.25) is 4.68 Å². The van der Waals surface area contributed by atoms with Crippen LogP contribution in [0, 0.1) is 0 Å². The van der Waals surface area contributed by atoms with Gasteiger partial charge in [-0.25, -0.2) is 0 Å². The van der Waals surface area contributed by atoms with E-state index in [0.717, 1.165) is 17.7 Å². The molecule has 0 unspecified atom stereocenters. The van der Waals surface area contributed by atoms with Crippen molar-refractivity contribution in [3.05, 3.63) is 41.6 Å². The summed E-state index contributed by atoms with van der Waals surface area (Å²) in [4.78, 5) is 8.47. The molecule has 3 N–H and O–H groups in total. The molecule has 0 amide bonds. The highest BCUT2D eigenvalue weighted by atomic mass is 19.4. The zero-order valence-corrected chi connectivity index (χ0v) is 12.8. The number of halogens is 3. The van der Waals surface area contributed by atoms with Crippen molar-refractivity contribution in [2.45, 2.75) is 12.6 Å². The first-order chi connectivity index (χ1) is 11.3. The molecule has 0 fully saturated rings. The molecule has 1 aromatic carbocycles. The Balaban J connectivity index is 1.65. The monoisotopic (exact) mass is 336 g/mol. The molecular formula is C15H15F3N6. The van der Waals surface area contributed by atoms with Crippen molar-refractivity contribution >= 4 is 22.8 Å². The van der Waals surface area contributed by atoms with Crippen molar-refractivity contribution in [1.29, 1.82) is 0 Å². The molecule has 0 saturated heterocycles. The molecular weight excluding hydrogens is 321 g/mol. The average molecular weight is 336 g/mol. The lowest BCUT2D eigenvalue weighted by Gasteiger charge is -2.09. The fourth-order valence-electron chi connectivity index (χ4n) is 2.30. The Bertz CT molecular complexity index is 854. The molecule has 3 aromatic rings. The van der Waals surface area contributed by atoms with Gasteiger partial charge >= 0.3 is 6.18 Å². The molecule has 6 nitrogen and oxygen atoms in total. The number of nitrogens with two attached hydrogens (primary N) is 1. The minimum atomic E-state index is -4.32. The summed E-state index contributed by atoms with van der Waals surface area (Å²) in [6.45, 7) is 0.466. The van der Waals surface area contributed by atoms with Gasteiger partial charge in [-0.15, -0.1) is 0 Å². The molecule has 0 radical (unpaired) electrons. The number of benzene rings is 1. The summed E-state index contributed by atoms with van der Waals surface area (Å²) in [5.41, 5.74) is 6.60. The fraction of sp³-hybridized carbons (Fsp3) is 0.267. The van der Waals surface area contributed by atoms with Gasteiger partial charge in [0.05, 0.1) is 17.1 Å². The van der Waals surface area contributed by atoms with Crippen LogP contribution in [-0.2, 0) is 19.6 Å². The molecule has 0 aliphatic carbocycles. The van der Waals surface area contributed by atoms with E-state index < -0.39 is 11.7 Å². The third-order valence-corrected chi connectivity index (χ3v) is 3.60. The maximum Gasteiger partial charge on any atom is 0.416 e. The molecule has 0 aliphatic rings. The molecule has 0 spiro atoms. The molecule has 0 atom stereocenters. The van der Waals surface area contributed by atoms with Gasteiger partial charge in [-0.05, 0) is 24.1 Å². The largest absolute Gasteiger partial charge is 0.416 e. The van der Waals surface area contributed by atoms with E-state index in [1.807, 2.05) is 0 Å². The van der Waals surface area contributed by atoms with Gasteiger partial charge < -0.3 is 11.1 Å². The second kappa shape index (κ2) is 5.99. The first kappa shape index (κ1) is 16.0. The Hall–Kier alpha value is -2.84. The minimum Gasteiger partial charge on any atom is -0.383 e. The van der Waals surface area contributed by atoms with Gasteiger partial charge in [0, 0.05) is 13.6 Å². The van der Waals surface area contributed by atoms with Gasteiger partial charge in [0.1, 0.15) is 5.82 Å². The highest BCUT2D eigenvalue weighted by Crippen LogP contribution is 2.29. The Morgan fingerprint density at radius 1 is 1.17 bits per heavy atom. The normalized spacial score (nSPS) is 11.8. The van der Waals surface area contributed by atoms with Crippen molar-refractivity contribution in [1.82, 2.24) is 19.7 Å². The molecule has 0 aliphatic heterocycles. The van der Waals surface area contributed by atoms with Gasteiger partial charge in [0.2, 0.25) is 5.95 Å². The van der Waals surface area contributed by atoms with E-state index in [1.165, 1.54) is 12.1 Å². The molecule has 24 heavy (non-hydrogen) atoms. The SMILES string of the molecule is Cn1ncc2c(N)nc(NCCc3ccc(C(F)(F)F)cc3)nc21. The number of aryl methyl sites for hydroxylation is 1. The molecule has 3 rings (SSSR count). The van der Waals surface area contributed by atoms with Gasteiger partial charge in [0.15, 0.2) is 5.65 Å². The number of alkyl halides is 3. The number of nitrogen functional groups attached to an aromatic ring is 1. The molecule has 0 bridgehead atoms. The number of nitrogens with one attached hydrogen (secondary N) is 1. The maximum atomic E-state index is 12.5. The summed E-state index contributed by atoms with van der Waals surface area (Å²) in [6.07, 6.45) is -2.19. The van der Waals surface area contributed by atoms with Crippen LogP contribution in [0.5, 0.6) is 0 Å². The van der Waals surface area contributed by atoms with Crippen molar-refractivity contribution in [2.75, 3.05) is 17.6 Å². The Morgan fingerprint density at radius 3 is 2.54 bits per heavy atom. The second-order valence-corrected chi connectivity index (χ2v) is 5.31. The summed E-state index contributed by atoms with van der Waals surface area (Å²) < 4.78 is 39.1. The van der Waals surface area contributed by atoms with Crippen molar-refractivity contribution in [3.63, 3.8) is 0 Å². The van der Waals surface area contributed by atoms with E-state index in [-0.39, 0.29) is 0 Å². The van der Waals surface area contributed by atoms with Crippen LogP contribution in [0.25, 0.3) is 11.0 Å². The highest BCUT2D eigenvalue weighted by molar-refractivity contribution is 5.86. The van der Waals surface area contributed by atoms with Crippen LogP contribution in [0.1, 0.15) is 11.1 Å². The smallest absolute Gasteiger partial charge is 0.383 e. The zero-order valence-electron chi connectivity index (χ0n) is 12.8. The Labute approximate surface area is 135 Å². The molecule has 126 valence electrons. The predicted molar refractivity (Wildman–Crippen MR) is 84.4 cm³/mol. The first-order valence-corrected chi connectivity index (χ1v) is 7.20. The molecule has 0 saturated carbocycles. The van der Waals surface area contributed by atoms with Gasteiger partial charge in [-0.1, -0.05) is 12.1 Å². The Kier molecular flexibility index (Phi) is 4.00. The van der Waals surface area contributed by atoms with E-state index in [4.69, 9.17) is 5.73 Å². The summed E-state index contributed by atoms with van der Waals surface area (Å²) in [5.74, 6) is 0.681. The van der Waals surface area contributed by atoms with E-state index >= 15 is 0 Å². The lowest BCUT2D eigenvalue weighted by atomic mass is 10.1. The number of aromatic nitrogens is 4. The summed E-state index contributed by atoms with van der Waals surface area (Å²) in [7, 11) is 1.75.